The highest BCUT2D eigenvalue weighted by Crippen LogP contribution is 2.06. The van der Waals surface area contributed by atoms with Gasteiger partial charge in [-0.2, -0.15) is 5.10 Å². The van der Waals surface area contributed by atoms with E-state index in [0.29, 0.717) is 12.1 Å². The zero-order chi connectivity index (χ0) is 14.4. The Morgan fingerprint density at radius 3 is 2.80 bits per heavy atom. The Labute approximate surface area is 118 Å². The third-order valence-corrected chi connectivity index (χ3v) is 3.12. The summed E-state index contributed by atoms with van der Waals surface area (Å²) in [4.78, 5) is 16.0. The van der Waals surface area contributed by atoms with Crippen LogP contribution in [0.5, 0.6) is 0 Å². The molecule has 0 fully saturated rings. The van der Waals surface area contributed by atoms with Crippen LogP contribution in [0.4, 0.5) is 5.82 Å². The van der Waals surface area contributed by atoms with Crippen LogP contribution in [-0.4, -0.2) is 34.7 Å². The van der Waals surface area contributed by atoms with E-state index >= 15 is 0 Å². The number of hydrogen-bond acceptors (Lipinski definition) is 4. The molecule has 0 aliphatic rings. The topological polar surface area (TPSA) is 82.7 Å². The average molecular weight is 273 g/mol. The number of nitrogens with zero attached hydrogens (tertiary/aromatic N) is 2. The van der Waals surface area contributed by atoms with Crippen LogP contribution in [0.3, 0.4) is 0 Å². The Bertz CT molecular complexity index is 561. The SMILES string of the molecule is CNc1ccc(C(=O)NCCCc2cn[nH]c2C)cn1. The van der Waals surface area contributed by atoms with E-state index in [9.17, 15) is 4.79 Å². The molecule has 2 heterocycles. The zero-order valence-electron chi connectivity index (χ0n) is 11.7. The van der Waals surface area contributed by atoms with Crippen molar-refractivity contribution in [2.24, 2.45) is 0 Å². The van der Waals surface area contributed by atoms with Gasteiger partial charge in [0.15, 0.2) is 0 Å². The van der Waals surface area contributed by atoms with E-state index in [-0.39, 0.29) is 5.91 Å². The Kier molecular flexibility index (Phi) is 4.70. The normalized spacial score (nSPS) is 10.3. The highest BCUT2D eigenvalue weighted by atomic mass is 16.1. The minimum absolute atomic E-state index is 0.0935. The molecule has 2 rings (SSSR count). The van der Waals surface area contributed by atoms with Crippen molar-refractivity contribution in [1.29, 1.82) is 0 Å². The lowest BCUT2D eigenvalue weighted by Gasteiger charge is -2.05. The highest BCUT2D eigenvalue weighted by Gasteiger charge is 2.05. The summed E-state index contributed by atoms with van der Waals surface area (Å²) >= 11 is 0. The van der Waals surface area contributed by atoms with Gasteiger partial charge in [0.25, 0.3) is 5.91 Å². The van der Waals surface area contributed by atoms with Gasteiger partial charge < -0.3 is 10.6 Å². The quantitative estimate of drug-likeness (QED) is 0.697. The molecule has 6 nitrogen and oxygen atoms in total. The van der Waals surface area contributed by atoms with Gasteiger partial charge >= 0.3 is 0 Å². The van der Waals surface area contributed by atoms with Crippen LogP contribution in [0.2, 0.25) is 0 Å². The van der Waals surface area contributed by atoms with E-state index in [1.54, 1.807) is 25.4 Å². The summed E-state index contributed by atoms with van der Waals surface area (Å²) in [5, 5.41) is 12.7. The first kappa shape index (κ1) is 14.0. The van der Waals surface area contributed by atoms with E-state index in [1.807, 2.05) is 13.1 Å². The first-order valence-corrected chi connectivity index (χ1v) is 6.61. The fourth-order valence-electron chi connectivity index (χ4n) is 1.89. The molecule has 3 N–H and O–H groups in total. The Morgan fingerprint density at radius 1 is 1.35 bits per heavy atom. The van der Waals surface area contributed by atoms with E-state index in [0.717, 1.165) is 24.4 Å². The first-order chi connectivity index (χ1) is 9.70. The summed E-state index contributed by atoms with van der Waals surface area (Å²) in [6.07, 6.45) is 5.19. The van der Waals surface area contributed by atoms with E-state index < -0.39 is 0 Å². The molecule has 0 saturated carbocycles. The van der Waals surface area contributed by atoms with Crippen molar-refractivity contribution in [3.8, 4) is 0 Å². The van der Waals surface area contributed by atoms with Crippen LogP contribution in [0.15, 0.2) is 24.5 Å². The molecular weight excluding hydrogens is 254 g/mol. The molecule has 6 heteroatoms. The van der Waals surface area contributed by atoms with Crippen molar-refractivity contribution in [1.82, 2.24) is 20.5 Å². The Hall–Kier alpha value is -2.37. The second-order valence-corrected chi connectivity index (χ2v) is 4.56. The maximum absolute atomic E-state index is 11.9. The van der Waals surface area contributed by atoms with Crippen LogP contribution >= 0.6 is 0 Å². The monoisotopic (exact) mass is 273 g/mol. The molecular formula is C14H19N5O. The average Bonchev–Trinajstić information content (AvgIpc) is 2.89. The molecule has 2 aromatic heterocycles. The van der Waals surface area contributed by atoms with Gasteiger partial charge in [0.05, 0.1) is 11.8 Å². The van der Waals surface area contributed by atoms with Gasteiger partial charge in [-0.3, -0.25) is 9.89 Å². The summed E-state index contributed by atoms with van der Waals surface area (Å²) in [6.45, 7) is 2.63. The number of nitrogens with one attached hydrogen (secondary N) is 3. The first-order valence-electron chi connectivity index (χ1n) is 6.61. The summed E-state index contributed by atoms with van der Waals surface area (Å²) in [5.41, 5.74) is 2.85. The predicted octanol–water partition coefficient (Wildman–Crippen LogP) is 1.52. The molecule has 106 valence electrons. The number of aromatic amines is 1. The number of aromatic nitrogens is 3. The van der Waals surface area contributed by atoms with Crippen LogP contribution in [0, 0.1) is 6.92 Å². The molecule has 20 heavy (non-hydrogen) atoms. The number of carbonyl (C=O) groups is 1. The molecule has 1 amide bonds. The predicted molar refractivity (Wildman–Crippen MR) is 77.8 cm³/mol. The molecule has 0 aliphatic carbocycles. The van der Waals surface area contributed by atoms with Crippen molar-refractivity contribution in [2.75, 3.05) is 18.9 Å². The maximum atomic E-state index is 11.9. The van der Waals surface area contributed by atoms with E-state index in [4.69, 9.17) is 0 Å². The van der Waals surface area contributed by atoms with E-state index in [1.165, 1.54) is 5.56 Å². The summed E-state index contributed by atoms with van der Waals surface area (Å²) < 4.78 is 0. The molecule has 0 aromatic carbocycles. The lowest BCUT2D eigenvalue weighted by atomic mass is 10.1. The lowest BCUT2D eigenvalue weighted by Crippen LogP contribution is -2.24. The molecule has 0 radical (unpaired) electrons. The standard InChI is InChI=1S/C14H19N5O/c1-10-11(9-18-19-10)4-3-7-16-14(20)12-5-6-13(15-2)17-8-12/h5-6,8-9H,3-4,7H2,1-2H3,(H,15,17)(H,16,20)(H,18,19). The van der Waals surface area contributed by atoms with Gasteiger partial charge in [-0.15, -0.1) is 0 Å². The minimum Gasteiger partial charge on any atom is -0.373 e. The van der Waals surface area contributed by atoms with Crippen molar-refractivity contribution < 1.29 is 4.79 Å². The second kappa shape index (κ2) is 6.70. The van der Waals surface area contributed by atoms with Gasteiger partial charge in [0.2, 0.25) is 0 Å². The van der Waals surface area contributed by atoms with Gasteiger partial charge in [-0.25, -0.2) is 4.98 Å². The number of carbonyl (C=O) groups excluding carboxylic acids is 1. The zero-order valence-corrected chi connectivity index (χ0v) is 11.7. The summed E-state index contributed by atoms with van der Waals surface area (Å²) in [6, 6.07) is 3.54. The van der Waals surface area contributed by atoms with Crippen molar-refractivity contribution in [3.05, 3.63) is 41.3 Å². The van der Waals surface area contributed by atoms with Gasteiger partial charge in [0.1, 0.15) is 5.82 Å². The number of amides is 1. The second-order valence-electron chi connectivity index (χ2n) is 4.56. The Balaban J connectivity index is 1.76. The van der Waals surface area contributed by atoms with Gasteiger partial charge in [-0.1, -0.05) is 0 Å². The molecule has 0 aliphatic heterocycles. The van der Waals surface area contributed by atoms with Crippen LogP contribution in [0.25, 0.3) is 0 Å². The largest absolute Gasteiger partial charge is 0.373 e. The number of hydrogen-bond donors (Lipinski definition) is 3. The molecule has 2 aromatic rings. The van der Waals surface area contributed by atoms with E-state index in [2.05, 4.69) is 25.8 Å². The fraction of sp³-hybridized carbons (Fsp3) is 0.357. The highest BCUT2D eigenvalue weighted by molar-refractivity contribution is 5.93. The maximum Gasteiger partial charge on any atom is 0.252 e. The Morgan fingerprint density at radius 2 is 2.20 bits per heavy atom. The number of H-pyrrole nitrogens is 1. The van der Waals surface area contributed by atoms with Gasteiger partial charge in [0, 0.05) is 25.5 Å². The molecule has 0 unspecified atom stereocenters. The number of pyridine rings is 1. The minimum atomic E-state index is -0.0935. The van der Waals surface area contributed by atoms with Gasteiger partial charge in [-0.05, 0) is 37.5 Å². The summed E-state index contributed by atoms with van der Waals surface area (Å²) in [7, 11) is 1.79. The van der Waals surface area contributed by atoms with Crippen molar-refractivity contribution in [3.63, 3.8) is 0 Å². The lowest BCUT2D eigenvalue weighted by molar-refractivity contribution is 0.0953. The van der Waals surface area contributed by atoms with Crippen molar-refractivity contribution >= 4 is 11.7 Å². The number of rotatable bonds is 6. The van der Waals surface area contributed by atoms with Crippen molar-refractivity contribution in [2.45, 2.75) is 19.8 Å². The third-order valence-electron chi connectivity index (χ3n) is 3.12. The number of aryl methyl sites for hydroxylation is 2. The molecule has 0 atom stereocenters. The molecule has 0 saturated heterocycles. The molecule has 0 bridgehead atoms. The number of anilines is 1. The van der Waals surface area contributed by atoms with Crippen LogP contribution < -0.4 is 10.6 Å². The van der Waals surface area contributed by atoms with Crippen LogP contribution in [0.1, 0.15) is 28.0 Å². The molecule has 0 spiro atoms. The summed E-state index contributed by atoms with van der Waals surface area (Å²) in [5.74, 6) is 0.654. The fourth-order valence-corrected chi connectivity index (χ4v) is 1.89. The third kappa shape index (κ3) is 3.57. The smallest absolute Gasteiger partial charge is 0.252 e. The van der Waals surface area contributed by atoms with Crippen LogP contribution in [-0.2, 0) is 6.42 Å².